The highest BCUT2D eigenvalue weighted by molar-refractivity contribution is 5.19. The highest BCUT2D eigenvalue weighted by atomic mass is 19.1. The van der Waals surface area contributed by atoms with Gasteiger partial charge in [0, 0.05) is 0 Å². The summed E-state index contributed by atoms with van der Waals surface area (Å²) < 4.78 is 18.9. The first-order chi connectivity index (χ1) is 6.33. The quantitative estimate of drug-likeness (QED) is 0.794. The zero-order chi connectivity index (χ0) is 10.6. The average molecular weight is 199 g/mol. The molecular formula is C10H14FNO2. The van der Waals surface area contributed by atoms with Gasteiger partial charge in [0.1, 0.15) is 5.60 Å². The molecule has 0 aromatic carbocycles. The van der Waals surface area contributed by atoms with Crippen LogP contribution >= 0.6 is 0 Å². The number of alkyl halides is 1. The molecule has 0 spiro atoms. The fourth-order valence-electron chi connectivity index (χ4n) is 1.48. The van der Waals surface area contributed by atoms with Gasteiger partial charge in [-0.2, -0.15) is 0 Å². The zero-order valence-electron chi connectivity index (χ0n) is 8.59. The summed E-state index contributed by atoms with van der Waals surface area (Å²) >= 11 is 0. The minimum absolute atomic E-state index is 0.216. The van der Waals surface area contributed by atoms with Crippen LogP contribution in [0.25, 0.3) is 0 Å². The molecule has 2 rings (SSSR count). The molecule has 0 atom stereocenters. The predicted molar refractivity (Wildman–Crippen MR) is 48.5 cm³/mol. The second kappa shape index (κ2) is 2.57. The standard InChI is InChI=1S/C10H14FNO2/c1-6-7(9(2,3)11)14-8(12-6)10(13)4-5-10/h13H,4-5H2,1-3H3. The number of aryl methyl sites for hydroxylation is 1. The van der Waals surface area contributed by atoms with E-state index in [1.54, 1.807) is 6.92 Å². The van der Waals surface area contributed by atoms with Crippen molar-refractivity contribution < 1.29 is 13.9 Å². The fraction of sp³-hybridized carbons (Fsp3) is 0.700. The maximum atomic E-state index is 13.6. The van der Waals surface area contributed by atoms with E-state index in [4.69, 9.17) is 4.42 Å². The lowest BCUT2D eigenvalue weighted by molar-refractivity contribution is 0.103. The second-order valence-corrected chi connectivity index (χ2v) is 4.44. The van der Waals surface area contributed by atoms with Gasteiger partial charge in [0.15, 0.2) is 11.4 Å². The van der Waals surface area contributed by atoms with Gasteiger partial charge in [0.2, 0.25) is 5.89 Å². The van der Waals surface area contributed by atoms with Crippen LogP contribution in [0.1, 0.15) is 44.0 Å². The lowest BCUT2D eigenvalue weighted by atomic mass is 10.1. The Kier molecular flexibility index (Phi) is 1.77. The van der Waals surface area contributed by atoms with Gasteiger partial charge in [0.05, 0.1) is 5.69 Å². The topological polar surface area (TPSA) is 46.3 Å². The molecule has 1 aromatic rings. The highest BCUT2D eigenvalue weighted by Crippen LogP contribution is 2.46. The minimum Gasteiger partial charge on any atom is -0.439 e. The summed E-state index contributed by atoms with van der Waals surface area (Å²) in [7, 11) is 0. The Balaban J connectivity index is 2.40. The van der Waals surface area contributed by atoms with Crippen molar-refractivity contribution in [3.8, 4) is 0 Å². The Morgan fingerprint density at radius 2 is 2.07 bits per heavy atom. The number of halogens is 1. The first-order valence-electron chi connectivity index (χ1n) is 4.73. The summed E-state index contributed by atoms with van der Waals surface area (Å²) in [5.41, 5.74) is -1.94. The van der Waals surface area contributed by atoms with Crippen LogP contribution in [0.2, 0.25) is 0 Å². The van der Waals surface area contributed by atoms with E-state index >= 15 is 0 Å². The van der Waals surface area contributed by atoms with E-state index in [0.717, 1.165) is 0 Å². The second-order valence-electron chi connectivity index (χ2n) is 4.44. The van der Waals surface area contributed by atoms with Crippen molar-refractivity contribution in [3.63, 3.8) is 0 Å². The molecule has 1 saturated carbocycles. The molecule has 1 aliphatic rings. The van der Waals surface area contributed by atoms with E-state index in [1.165, 1.54) is 13.8 Å². The number of aliphatic hydroxyl groups is 1. The molecular weight excluding hydrogens is 185 g/mol. The Labute approximate surface area is 82.0 Å². The lowest BCUT2D eigenvalue weighted by Crippen LogP contribution is -2.09. The third-order valence-electron chi connectivity index (χ3n) is 2.46. The van der Waals surface area contributed by atoms with Crippen molar-refractivity contribution >= 4 is 0 Å². The molecule has 3 nitrogen and oxygen atoms in total. The summed E-state index contributed by atoms with van der Waals surface area (Å²) in [5, 5.41) is 9.72. The summed E-state index contributed by atoms with van der Waals surface area (Å²) in [6.45, 7) is 4.53. The van der Waals surface area contributed by atoms with Crippen LogP contribution < -0.4 is 0 Å². The zero-order valence-corrected chi connectivity index (χ0v) is 8.59. The number of rotatable bonds is 2. The Hall–Kier alpha value is -0.900. The van der Waals surface area contributed by atoms with Gasteiger partial charge in [0.25, 0.3) is 0 Å². The Bertz CT molecular complexity index is 361. The number of hydrogen-bond donors (Lipinski definition) is 1. The van der Waals surface area contributed by atoms with E-state index in [2.05, 4.69) is 4.98 Å². The van der Waals surface area contributed by atoms with Crippen LogP contribution in [-0.2, 0) is 11.3 Å². The van der Waals surface area contributed by atoms with E-state index in [0.29, 0.717) is 18.5 Å². The van der Waals surface area contributed by atoms with Crippen molar-refractivity contribution in [1.29, 1.82) is 0 Å². The maximum absolute atomic E-state index is 13.6. The van der Waals surface area contributed by atoms with Crippen molar-refractivity contribution in [2.75, 3.05) is 0 Å². The molecule has 14 heavy (non-hydrogen) atoms. The molecule has 1 N–H and O–H groups in total. The van der Waals surface area contributed by atoms with Gasteiger partial charge >= 0.3 is 0 Å². The molecule has 0 bridgehead atoms. The van der Waals surface area contributed by atoms with E-state index in [-0.39, 0.29) is 11.7 Å². The maximum Gasteiger partial charge on any atom is 0.226 e. The van der Waals surface area contributed by atoms with Gasteiger partial charge in [-0.05, 0) is 33.6 Å². The van der Waals surface area contributed by atoms with Gasteiger partial charge in [-0.25, -0.2) is 9.37 Å². The van der Waals surface area contributed by atoms with E-state index in [1.807, 2.05) is 0 Å². The van der Waals surface area contributed by atoms with Gasteiger partial charge in [-0.15, -0.1) is 0 Å². The minimum atomic E-state index is -1.54. The summed E-state index contributed by atoms with van der Waals surface area (Å²) in [6, 6.07) is 0. The lowest BCUT2D eigenvalue weighted by Gasteiger charge is -2.10. The molecule has 1 heterocycles. The summed E-state index contributed by atoms with van der Waals surface area (Å²) in [5.74, 6) is 0.476. The van der Waals surface area contributed by atoms with Crippen molar-refractivity contribution in [2.45, 2.75) is 44.9 Å². The number of nitrogens with zero attached hydrogens (tertiary/aromatic N) is 1. The van der Waals surface area contributed by atoms with Gasteiger partial charge in [-0.1, -0.05) is 0 Å². The number of hydrogen-bond acceptors (Lipinski definition) is 3. The predicted octanol–water partition coefficient (Wildman–Crippen LogP) is 2.17. The highest BCUT2D eigenvalue weighted by Gasteiger charge is 2.48. The van der Waals surface area contributed by atoms with Crippen LogP contribution in [0.5, 0.6) is 0 Å². The molecule has 0 aliphatic heterocycles. The first-order valence-corrected chi connectivity index (χ1v) is 4.73. The van der Waals surface area contributed by atoms with Crippen molar-refractivity contribution in [2.24, 2.45) is 0 Å². The Morgan fingerprint density at radius 1 is 1.50 bits per heavy atom. The van der Waals surface area contributed by atoms with Crippen LogP contribution in [0, 0.1) is 6.92 Å². The fourth-order valence-corrected chi connectivity index (χ4v) is 1.48. The summed E-state index contributed by atoms with van der Waals surface area (Å²) in [6.07, 6.45) is 1.30. The van der Waals surface area contributed by atoms with E-state index < -0.39 is 11.3 Å². The van der Waals surface area contributed by atoms with Crippen LogP contribution in [0.4, 0.5) is 4.39 Å². The van der Waals surface area contributed by atoms with Gasteiger partial charge in [-0.3, -0.25) is 0 Å². The monoisotopic (exact) mass is 199 g/mol. The van der Waals surface area contributed by atoms with Gasteiger partial charge < -0.3 is 9.52 Å². The van der Waals surface area contributed by atoms with Crippen molar-refractivity contribution in [1.82, 2.24) is 4.98 Å². The smallest absolute Gasteiger partial charge is 0.226 e. The molecule has 4 heteroatoms. The van der Waals surface area contributed by atoms with Crippen LogP contribution in [0.3, 0.4) is 0 Å². The largest absolute Gasteiger partial charge is 0.439 e. The molecule has 0 amide bonds. The normalized spacial score (nSPS) is 19.8. The SMILES string of the molecule is Cc1nc(C2(O)CC2)oc1C(C)(C)F. The number of aromatic nitrogens is 1. The third kappa shape index (κ3) is 1.43. The van der Waals surface area contributed by atoms with Crippen molar-refractivity contribution in [3.05, 3.63) is 17.3 Å². The molecule has 1 aliphatic carbocycles. The molecule has 78 valence electrons. The van der Waals surface area contributed by atoms with Crippen LogP contribution in [-0.4, -0.2) is 10.1 Å². The first kappa shape index (κ1) is 9.65. The summed E-state index contributed by atoms with van der Waals surface area (Å²) in [4.78, 5) is 4.05. The average Bonchev–Trinajstić information content (AvgIpc) is 2.61. The molecule has 0 unspecified atom stereocenters. The van der Waals surface area contributed by atoms with E-state index in [9.17, 15) is 9.50 Å². The number of oxazole rings is 1. The molecule has 1 aromatic heterocycles. The molecule has 0 saturated heterocycles. The Morgan fingerprint density at radius 3 is 2.43 bits per heavy atom. The third-order valence-corrected chi connectivity index (χ3v) is 2.46. The molecule has 1 fully saturated rings. The van der Waals surface area contributed by atoms with Crippen LogP contribution in [0.15, 0.2) is 4.42 Å². The molecule has 0 radical (unpaired) electrons.